The van der Waals surface area contributed by atoms with Crippen LogP contribution in [0.2, 0.25) is 0 Å². The molecule has 16 heavy (non-hydrogen) atoms. The second-order valence-electron chi connectivity index (χ2n) is 3.54. The van der Waals surface area contributed by atoms with Crippen LogP contribution in [-0.2, 0) is 4.79 Å². The Morgan fingerprint density at radius 2 is 2.12 bits per heavy atom. The Labute approximate surface area is 93.0 Å². The maximum Gasteiger partial charge on any atom is 0.329 e. The molecule has 5 nitrogen and oxygen atoms in total. The number of ether oxygens (including phenoxy) is 1. The standard InChI is InChI=1S/C11H12N2O3/c1-7-5-8(3-4-9(7)16-2)13-10(14)6-12-11(13)15/h3-5H,6H2,1-2H3,(H,12,15). The predicted octanol–water partition coefficient (Wildman–Crippen LogP) is 1.06. The fourth-order valence-corrected chi connectivity index (χ4v) is 1.69. The molecule has 0 atom stereocenters. The van der Waals surface area contributed by atoms with E-state index in [0.29, 0.717) is 5.69 Å². The van der Waals surface area contributed by atoms with E-state index in [1.807, 2.05) is 6.92 Å². The monoisotopic (exact) mass is 220 g/mol. The Bertz CT molecular complexity index is 441. The van der Waals surface area contributed by atoms with Crippen LogP contribution in [0.1, 0.15) is 5.56 Å². The summed E-state index contributed by atoms with van der Waals surface area (Å²) in [5, 5.41) is 2.47. The summed E-state index contributed by atoms with van der Waals surface area (Å²) >= 11 is 0. The molecule has 1 aromatic rings. The topological polar surface area (TPSA) is 58.6 Å². The van der Waals surface area contributed by atoms with E-state index in [-0.39, 0.29) is 18.5 Å². The van der Waals surface area contributed by atoms with Crippen LogP contribution in [0.4, 0.5) is 10.5 Å². The molecular weight excluding hydrogens is 208 g/mol. The molecular formula is C11H12N2O3. The molecule has 0 radical (unpaired) electrons. The summed E-state index contributed by atoms with van der Waals surface area (Å²) in [7, 11) is 1.58. The second-order valence-corrected chi connectivity index (χ2v) is 3.54. The second kappa shape index (κ2) is 3.84. The van der Waals surface area contributed by atoms with E-state index in [1.165, 1.54) is 0 Å². The van der Waals surface area contributed by atoms with Gasteiger partial charge in [0.15, 0.2) is 0 Å². The van der Waals surface area contributed by atoms with Gasteiger partial charge in [-0.1, -0.05) is 0 Å². The van der Waals surface area contributed by atoms with Crippen LogP contribution >= 0.6 is 0 Å². The summed E-state index contributed by atoms with van der Waals surface area (Å²) in [5.74, 6) is 0.491. The molecule has 1 aliphatic heterocycles. The van der Waals surface area contributed by atoms with E-state index in [4.69, 9.17) is 4.74 Å². The number of aryl methyl sites for hydroxylation is 1. The summed E-state index contributed by atoms with van der Waals surface area (Å²) in [6, 6.07) is 4.80. The number of nitrogens with one attached hydrogen (secondary N) is 1. The molecule has 1 fully saturated rings. The number of urea groups is 1. The quantitative estimate of drug-likeness (QED) is 0.758. The maximum absolute atomic E-state index is 11.5. The van der Waals surface area contributed by atoms with Crippen molar-refractivity contribution in [3.63, 3.8) is 0 Å². The third-order valence-electron chi connectivity index (χ3n) is 2.48. The summed E-state index contributed by atoms with van der Waals surface area (Å²) in [6.45, 7) is 1.92. The zero-order valence-corrected chi connectivity index (χ0v) is 9.11. The molecule has 5 heteroatoms. The highest BCUT2D eigenvalue weighted by Gasteiger charge is 2.30. The molecule has 0 saturated carbocycles. The first kappa shape index (κ1) is 10.5. The Kier molecular flexibility index (Phi) is 2.52. The molecule has 0 unspecified atom stereocenters. The van der Waals surface area contributed by atoms with Crippen LogP contribution in [0.3, 0.4) is 0 Å². The smallest absolute Gasteiger partial charge is 0.329 e. The van der Waals surface area contributed by atoms with E-state index in [9.17, 15) is 9.59 Å². The molecule has 1 aliphatic rings. The van der Waals surface area contributed by atoms with Crippen molar-refractivity contribution in [3.05, 3.63) is 23.8 Å². The number of amides is 3. The third-order valence-corrected chi connectivity index (χ3v) is 2.48. The van der Waals surface area contributed by atoms with Crippen LogP contribution in [-0.4, -0.2) is 25.6 Å². The molecule has 84 valence electrons. The minimum absolute atomic E-state index is 0.0594. The molecule has 0 aliphatic carbocycles. The number of carbonyl (C=O) groups excluding carboxylic acids is 2. The fourth-order valence-electron chi connectivity index (χ4n) is 1.69. The van der Waals surface area contributed by atoms with Crippen LogP contribution < -0.4 is 15.0 Å². The van der Waals surface area contributed by atoms with Gasteiger partial charge in [0.2, 0.25) is 0 Å². The highest BCUT2D eigenvalue weighted by atomic mass is 16.5. The Hall–Kier alpha value is -2.04. The van der Waals surface area contributed by atoms with Gasteiger partial charge in [-0.25, -0.2) is 9.69 Å². The van der Waals surface area contributed by atoms with E-state index >= 15 is 0 Å². The third kappa shape index (κ3) is 1.60. The average molecular weight is 220 g/mol. The minimum Gasteiger partial charge on any atom is -0.496 e. The van der Waals surface area contributed by atoms with Crippen molar-refractivity contribution in [2.24, 2.45) is 0 Å². The van der Waals surface area contributed by atoms with E-state index in [0.717, 1.165) is 16.2 Å². The molecule has 2 rings (SSSR count). The molecule has 1 aromatic carbocycles. The van der Waals surface area contributed by atoms with Crippen LogP contribution in [0, 0.1) is 6.92 Å². The van der Waals surface area contributed by atoms with Gasteiger partial charge in [-0.3, -0.25) is 4.79 Å². The fraction of sp³-hybridized carbons (Fsp3) is 0.273. The molecule has 3 amide bonds. The zero-order chi connectivity index (χ0) is 11.7. The number of imide groups is 1. The number of methoxy groups -OCH3 is 1. The van der Waals surface area contributed by atoms with E-state index in [2.05, 4.69) is 5.32 Å². The van der Waals surface area contributed by atoms with Gasteiger partial charge in [-0.15, -0.1) is 0 Å². The van der Waals surface area contributed by atoms with Gasteiger partial charge in [-0.05, 0) is 30.7 Å². The Morgan fingerprint density at radius 1 is 1.38 bits per heavy atom. The van der Waals surface area contributed by atoms with Gasteiger partial charge in [-0.2, -0.15) is 0 Å². The summed E-state index contributed by atoms with van der Waals surface area (Å²) in [6.07, 6.45) is 0. The molecule has 1 heterocycles. The lowest BCUT2D eigenvalue weighted by Crippen LogP contribution is -2.30. The SMILES string of the molecule is COc1ccc(N2C(=O)CNC2=O)cc1C. The molecule has 0 bridgehead atoms. The van der Waals surface area contributed by atoms with Gasteiger partial charge < -0.3 is 10.1 Å². The predicted molar refractivity (Wildman–Crippen MR) is 58.6 cm³/mol. The molecule has 0 spiro atoms. The van der Waals surface area contributed by atoms with Gasteiger partial charge in [0.25, 0.3) is 5.91 Å². The molecule has 0 aromatic heterocycles. The summed E-state index contributed by atoms with van der Waals surface area (Å²) in [5.41, 5.74) is 1.45. The van der Waals surface area contributed by atoms with Crippen molar-refractivity contribution >= 4 is 17.6 Å². The van der Waals surface area contributed by atoms with Crippen LogP contribution in [0.5, 0.6) is 5.75 Å². The number of nitrogens with zero attached hydrogens (tertiary/aromatic N) is 1. The van der Waals surface area contributed by atoms with Gasteiger partial charge >= 0.3 is 6.03 Å². The lowest BCUT2D eigenvalue weighted by molar-refractivity contribution is -0.115. The van der Waals surface area contributed by atoms with Crippen LogP contribution in [0.15, 0.2) is 18.2 Å². The first-order valence-corrected chi connectivity index (χ1v) is 4.89. The number of hydrogen-bond donors (Lipinski definition) is 1. The normalized spacial score (nSPS) is 15.2. The van der Waals surface area contributed by atoms with Gasteiger partial charge in [0.1, 0.15) is 5.75 Å². The van der Waals surface area contributed by atoms with Crippen LogP contribution in [0.25, 0.3) is 0 Å². The van der Waals surface area contributed by atoms with Crippen molar-refractivity contribution in [2.45, 2.75) is 6.92 Å². The van der Waals surface area contributed by atoms with Crippen molar-refractivity contribution in [1.29, 1.82) is 0 Å². The Balaban J connectivity index is 2.37. The lowest BCUT2D eigenvalue weighted by atomic mass is 10.2. The van der Waals surface area contributed by atoms with Gasteiger partial charge in [0, 0.05) is 0 Å². The highest BCUT2D eigenvalue weighted by molar-refractivity contribution is 6.19. The largest absolute Gasteiger partial charge is 0.496 e. The summed E-state index contributed by atoms with van der Waals surface area (Å²) in [4.78, 5) is 24.0. The zero-order valence-electron chi connectivity index (χ0n) is 9.11. The molecule has 1 N–H and O–H groups in total. The van der Waals surface area contributed by atoms with Gasteiger partial charge in [0.05, 0.1) is 19.3 Å². The lowest BCUT2D eigenvalue weighted by Gasteiger charge is -2.14. The van der Waals surface area contributed by atoms with Crippen molar-refractivity contribution < 1.29 is 14.3 Å². The van der Waals surface area contributed by atoms with Crippen molar-refractivity contribution in [3.8, 4) is 5.75 Å². The van der Waals surface area contributed by atoms with E-state index in [1.54, 1.807) is 25.3 Å². The minimum atomic E-state index is -0.380. The molecule has 1 saturated heterocycles. The highest BCUT2D eigenvalue weighted by Crippen LogP contribution is 2.25. The maximum atomic E-state index is 11.5. The number of carbonyl (C=O) groups is 2. The first-order valence-electron chi connectivity index (χ1n) is 4.89. The number of hydrogen-bond acceptors (Lipinski definition) is 3. The van der Waals surface area contributed by atoms with E-state index < -0.39 is 0 Å². The van der Waals surface area contributed by atoms with Crippen molar-refractivity contribution in [2.75, 3.05) is 18.6 Å². The Morgan fingerprint density at radius 3 is 2.62 bits per heavy atom. The summed E-state index contributed by atoms with van der Waals surface area (Å²) < 4.78 is 5.11. The average Bonchev–Trinajstić information content (AvgIpc) is 2.58. The number of rotatable bonds is 2. The number of benzene rings is 1. The number of anilines is 1. The van der Waals surface area contributed by atoms with Crippen molar-refractivity contribution in [1.82, 2.24) is 5.32 Å². The first-order chi connectivity index (χ1) is 7.63.